The molecule has 0 radical (unpaired) electrons. The summed E-state index contributed by atoms with van der Waals surface area (Å²) in [6.07, 6.45) is 4.27. The number of hydrogen-bond donors (Lipinski definition) is 1. The third-order valence-corrected chi connectivity index (χ3v) is 5.66. The average Bonchev–Trinajstić information content (AvgIpc) is 2.63. The molecular weight excluding hydrogens is 306 g/mol. The van der Waals surface area contributed by atoms with E-state index in [2.05, 4.69) is 11.0 Å². The molecule has 0 unspecified atom stereocenters. The first-order valence-corrected chi connectivity index (χ1v) is 8.58. The van der Waals surface area contributed by atoms with E-state index < -0.39 is 0 Å². The number of nitrogen functional groups attached to an aromatic ring is 1. The summed E-state index contributed by atoms with van der Waals surface area (Å²) in [6, 6.07) is 6.00. The minimum absolute atomic E-state index is 0.198. The fourth-order valence-corrected chi connectivity index (χ4v) is 3.93. The fourth-order valence-electron chi connectivity index (χ4n) is 3.93. The second kappa shape index (κ2) is 6.79. The van der Waals surface area contributed by atoms with E-state index in [1.807, 2.05) is 17.0 Å². The molecule has 0 bridgehead atoms. The van der Waals surface area contributed by atoms with Crippen LogP contribution in [0, 0.1) is 5.41 Å². The maximum atomic E-state index is 11.6. The maximum Gasteiger partial charge on any atom is 0.409 e. The first-order valence-electron chi connectivity index (χ1n) is 8.58. The van der Waals surface area contributed by atoms with Gasteiger partial charge in [-0.1, -0.05) is 0 Å². The number of amides is 1. The van der Waals surface area contributed by atoms with Gasteiger partial charge in [0.05, 0.1) is 19.9 Å². The Bertz CT molecular complexity index is 587. The zero-order valence-electron chi connectivity index (χ0n) is 14.6. The molecule has 3 rings (SSSR count). The lowest BCUT2D eigenvalue weighted by Crippen LogP contribution is -2.48. The molecule has 6 heteroatoms. The molecule has 1 amide bonds. The lowest BCUT2D eigenvalue weighted by Gasteiger charge is -2.47. The molecule has 2 heterocycles. The molecule has 6 nitrogen and oxygen atoms in total. The number of rotatable bonds is 2. The van der Waals surface area contributed by atoms with Gasteiger partial charge in [-0.25, -0.2) is 4.79 Å². The molecule has 2 N–H and O–H groups in total. The van der Waals surface area contributed by atoms with Gasteiger partial charge in [0, 0.05) is 37.9 Å². The highest BCUT2D eigenvalue weighted by molar-refractivity contribution is 5.67. The zero-order valence-corrected chi connectivity index (χ0v) is 14.6. The van der Waals surface area contributed by atoms with E-state index in [-0.39, 0.29) is 6.09 Å². The molecule has 24 heavy (non-hydrogen) atoms. The first kappa shape index (κ1) is 16.7. The van der Waals surface area contributed by atoms with Gasteiger partial charge in [-0.2, -0.15) is 0 Å². The summed E-state index contributed by atoms with van der Waals surface area (Å²) in [7, 11) is 3.10. The Kier molecular flexibility index (Phi) is 4.73. The normalized spacial score (nSPS) is 20.1. The Labute approximate surface area is 143 Å². The smallest absolute Gasteiger partial charge is 0.409 e. The zero-order chi connectivity index (χ0) is 17.2. The Morgan fingerprint density at radius 3 is 2.29 bits per heavy atom. The second-order valence-electron chi connectivity index (χ2n) is 6.87. The highest BCUT2D eigenvalue weighted by atomic mass is 16.5. The van der Waals surface area contributed by atoms with Gasteiger partial charge < -0.3 is 25.0 Å². The molecule has 2 fully saturated rings. The number of hydrogen-bond acceptors (Lipinski definition) is 5. The molecule has 1 aromatic rings. The summed E-state index contributed by atoms with van der Waals surface area (Å²) in [4.78, 5) is 15.9. The molecule has 2 saturated heterocycles. The van der Waals surface area contributed by atoms with Gasteiger partial charge in [-0.05, 0) is 43.2 Å². The number of nitrogens with zero attached hydrogens (tertiary/aromatic N) is 2. The van der Waals surface area contributed by atoms with Crippen LogP contribution in [-0.2, 0) is 4.74 Å². The number of anilines is 2. The van der Waals surface area contributed by atoms with Crippen LogP contribution in [0.4, 0.5) is 16.2 Å². The highest BCUT2D eigenvalue weighted by Crippen LogP contribution is 2.42. The van der Waals surface area contributed by atoms with E-state index in [0.29, 0.717) is 11.1 Å². The molecule has 1 aromatic carbocycles. The largest absolute Gasteiger partial charge is 0.495 e. The molecule has 0 saturated carbocycles. The molecule has 0 aromatic heterocycles. The quantitative estimate of drug-likeness (QED) is 0.843. The molecule has 2 aliphatic rings. The van der Waals surface area contributed by atoms with Gasteiger partial charge in [-0.15, -0.1) is 0 Å². The summed E-state index contributed by atoms with van der Waals surface area (Å²) in [5.74, 6) is 0.735. The van der Waals surface area contributed by atoms with E-state index >= 15 is 0 Å². The van der Waals surface area contributed by atoms with E-state index in [1.54, 1.807) is 7.11 Å². The number of carbonyl (C=O) groups is 1. The maximum absolute atomic E-state index is 11.6. The standard InChI is InChI=1S/C18H27N3O3/c1-23-16-13-14(3-4-15(16)19)20-9-5-18(6-10-20)7-11-21(12-8-18)17(22)24-2/h3-4,13H,5-12,19H2,1-2H3. The van der Waals surface area contributed by atoms with Crippen molar-refractivity contribution in [3.05, 3.63) is 18.2 Å². The number of benzene rings is 1. The minimum Gasteiger partial charge on any atom is -0.495 e. The monoisotopic (exact) mass is 333 g/mol. The van der Waals surface area contributed by atoms with Gasteiger partial charge in [0.15, 0.2) is 0 Å². The number of nitrogens with two attached hydrogens (primary N) is 1. The van der Waals surface area contributed by atoms with Crippen molar-refractivity contribution < 1.29 is 14.3 Å². The SMILES string of the molecule is COC(=O)N1CCC2(CC1)CCN(c1ccc(N)c(OC)c1)CC2. The van der Waals surface area contributed by atoms with Crippen LogP contribution in [-0.4, -0.2) is 51.4 Å². The van der Waals surface area contributed by atoms with Gasteiger partial charge in [0.2, 0.25) is 0 Å². The van der Waals surface area contributed by atoms with Crippen molar-refractivity contribution in [1.29, 1.82) is 0 Å². The third kappa shape index (κ3) is 3.23. The van der Waals surface area contributed by atoms with E-state index in [0.717, 1.165) is 57.6 Å². The van der Waals surface area contributed by atoms with Crippen LogP contribution in [0.25, 0.3) is 0 Å². The second-order valence-corrected chi connectivity index (χ2v) is 6.87. The topological polar surface area (TPSA) is 68.0 Å². The fraction of sp³-hybridized carbons (Fsp3) is 0.611. The summed E-state index contributed by atoms with van der Waals surface area (Å²) < 4.78 is 10.2. The Morgan fingerprint density at radius 2 is 1.71 bits per heavy atom. The van der Waals surface area contributed by atoms with Crippen molar-refractivity contribution >= 4 is 17.5 Å². The highest BCUT2D eigenvalue weighted by Gasteiger charge is 2.38. The number of likely N-dealkylation sites (tertiary alicyclic amines) is 1. The summed E-state index contributed by atoms with van der Waals surface area (Å²) in [6.45, 7) is 3.68. The molecule has 1 spiro atoms. The Hall–Kier alpha value is -2.11. The van der Waals surface area contributed by atoms with Crippen molar-refractivity contribution in [1.82, 2.24) is 4.90 Å². The van der Waals surface area contributed by atoms with Gasteiger partial charge in [0.1, 0.15) is 5.75 Å². The van der Waals surface area contributed by atoms with Crippen molar-refractivity contribution in [2.75, 3.05) is 51.0 Å². The average molecular weight is 333 g/mol. The van der Waals surface area contributed by atoms with E-state index in [4.69, 9.17) is 15.2 Å². The summed E-state index contributed by atoms with van der Waals surface area (Å²) >= 11 is 0. The van der Waals surface area contributed by atoms with Crippen LogP contribution in [0.2, 0.25) is 0 Å². The number of carbonyl (C=O) groups excluding carboxylic acids is 1. The summed E-state index contributed by atoms with van der Waals surface area (Å²) in [5.41, 5.74) is 8.12. The minimum atomic E-state index is -0.198. The molecule has 0 atom stereocenters. The van der Waals surface area contributed by atoms with Gasteiger partial charge in [0.25, 0.3) is 0 Å². The molecular formula is C18H27N3O3. The predicted molar refractivity (Wildman–Crippen MR) is 94.5 cm³/mol. The molecule has 2 aliphatic heterocycles. The van der Waals surface area contributed by atoms with Crippen molar-refractivity contribution in [2.24, 2.45) is 5.41 Å². The molecule has 0 aliphatic carbocycles. The van der Waals surface area contributed by atoms with Crippen LogP contribution in [0.15, 0.2) is 18.2 Å². The van der Waals surface area contributed by atoms with Gasteiger partial charge >= 0.3 is 6.09 Å². The van der Waals surface area contributed by atoms with Crippen molar-refractivity contribution in [2.45, 2.75) is 25.7 Å². The lowest BCUT2D eigenvalue weighted by molar-refractivity contribution is 0.0646. The summed E-state index contributed by atoms with van der Waals surface area (Å²) in [5, 5.41) is 0. The van der Waals surface area contributed by atoms with Crippen LogP contribution in [0.1, 0.15) is 25.7 Å². The molecule has 132 valence electrons. The van der Waals surface area contributed by atoms with Crippen molar-refractivity contribution in [3.63, 3.8) is 0 Å². The van der Waals surface area contributed by atoms with E-state index in [9.17, 15) is 4.79 Å². The van der Waals surface area contributed by atoms with Crippen molar-refractivity contribution in [3.8, 4) is 5.75 Å². The van der Waals surface area contributed by atoms with Crippen LogP contribution >= 0.6 is 0 Å². The van der Waals surface area contributed by atoms with E-state index in [1.165, 1.54) is 12.8 Å². The third-order valence-electron chi connectivity index (χ3n) is 5.66. The van der Waals surface area contributed by atoms with Crippen LogP contribution in [0.5, 0.6) is 5.75 Å². The number of ether oxygens (including phenoxy) is 2. The number of methoxy groups -OCH3 is 2. The number of piperidine rings is 2. The Morgan fingerprint density at radius 1 is 1.08 bits per heavy atom. The predicted octanol–water partition coefficient (Wildman–Crippen LogP) is 2.73. The first-order chi connectivity index (χ1) is 11.6. The Balaban J connectivity index is 1.59. The van der Waals surface area contributed by atoms with Crippen LogP contribution in [0.3, 0.4) is 0 Å². The van der Waals surface area contributed by atoms with Crippen LogP contribution < -0.4 is 15.4 Å². The van der Waals surface area contributed by atoms with Gasteiger partial charge in [-0.3, -0.25) is 0 Å². The lowest BCUT2D eigenvalue weighted by atomic mass is 9.71.